The number of likely N-dealkylation sites (tertiary alicyclic amines) is 1. The molecular weight excluding hydrogens is 214 g/mol. The number of nitrogens with zero attached hydrogens (tertiary/aromatic N) is 1. The maximum Gasteiger partial charge on any atom is 0.252 e. The second kappa shape index (κ2) is 3.01. The molecule has 0 aromatic carbocycles. The number of hydrogen-bond acceptors (Lipinski definition) is 2. The molecule has 4 rings (SSSR count). The maximum atomic E-state index is 12.0. The van der Waals surface area contributed by atoms with E-state index in [1.54, 1.807) is 0 Å². The molecule has 2 bridgehead atoms. The minimum absolute atomic E-state index is 0.0636. The van der Waals surface area contributed by atoms with E-state index >= 15 is 0 Å². The Balaban J connectivity index is 1.67. The first-order chi connectivity index (χ1) is 8.22. The van der Waals surface area contributed by atoms with Crippen LogP contribution in [0.25, 0.3) is 0 Å². The van der Waals surface area contributed by atoms with Crippen LogP contribution < -0.4 is 0 Å². The summed E-state index contributed by atoms with van der Waals surface area (Å²) in [5.74, 6) is 3.04. The smallest absolute Gasteiger partial charge is 0.252 e. The number of β-lactam (4-membered cyclic amide) rings is 1. The molecule has 90 valence electrons. The molecule has 6 unspecified atom stereocenters. The van der Waals surface area contributed by atoms with Crippen LogP contribution in [0.3, 0.4) is 0 Å². The van der Waals surface area contributed by atoms with Crippen molar-refractivity contribution in [2.75, 3.05) is 0 Å². The van der Waals surface area contributed by atoms with Gasteiger partial charge in [-0.1, -0.05) is 6.58 Å². The highest BCUT2D eigenvalue weighted by Gasteiger charge is 2.66. The van der Waals surface area contributed by atoms with Gasteiger partial charge in [-0.15, -0.1) is 0 Å². The molecule has 3 aliphatic carbocycles. The molecule has 2 amide bonds. The van der Waals surface area contributed by atoms with Crippen LogP contribution in [0.15, 0.2) is 12.7 Å². The van der Waals surface area contributed by atoms with Crippen molar-refractivity contribution in [3.05, 3.63) is 12.7 Å². The SMILES string of the molecule is C=CC(=O)N1C(=O)C2CC3C4CCC(C4)C3C21. The summed E-state index contributed by atoms with van der Waals surface area (Å²) in [6.45, 7) is 3.50. The van der Waals surface area contributed by atoms with Gasteiger partial charge in [-0.25, -0.2) is 0 Å². The molecule has 6 atom stereocenters. The lowest BCUT2D eigenvalue weighted by Gasteiger charge is -2.45. The van der Waals surface area contributed by atoms with E-state index in [4.69, 9.17) is 0 Å². The van der Waals surface area contributed by atoms with Gasteiger partial charge in [0.15, 0.2) is 0 Å². The molecule has 4 aliphatic rings. The van der Waals surface area contributed by atoms with Crippen LogP contribution in [-0.2, 0) is 9.59 Å². The zero-order valence-electron chi connectivity index (χ0n) is 9.84. The van der Waals surface area contributed by atoms with Gasteiger partial charge in [0.25, 0.3) is 5.91 Å². The predicted octanol–water partition coefficient (Wildman–Crippen LogP) is 1.59. The first-order valence-corrected chi connectivity index (χ1v) is 6.72. The molecule has 0 radical (unpaired) electrons. The van der Waals surface area contributed by atoms with Crippen molar-refractivity contribution in [3.8, 4) is 0 Å². The van der Waals surface area contributed by atoms with Crippen molar-refractivity contribution in [1.29, 1.82) is 0 Å². The topological polar surface area (TPSA) is 37.4 Å². The average Bonchev–Trinajstić information content (AvgIpc) is 2.98. The monoisotopic (exact) mass is 231 g/mol. The largest absolute Gasteiger partial charge is 0.275 e. The van der Waals surface area contributed by atoms with E-state index in [0.717, 1.165) is 24.2 Å². The summed E-state index contributed by atoms with van der Waals surface area (Å²) < 4.78 is 0. The van der Waals surface area contributed by atoms with Crippen LogP contribution in [-0.4, -0.2) is 22.8 Å². The average molecular weight is 231 g/mol. The Hall–Kier alpha value is -1.12. The minimum atomic E-state index is -0.181. The molecule has 3 nitrogen and oxygen atoms in total. The number of fused-ring (bicyclic) bond motifs is 7. The first-order valence-electron chi connectivity index (χ1n) is 6.72. The lowest BCUT2D eigenvalue weighted by Crippen LogP contribution is -2.63. The van der Waals surface area contributed by atoms with Crippen molar-refractivity contribution in [2.24, 2.45) is 29.6 Å². The highest BCUT2D eigenvalue weighted by molar-refractivity contribution is 6.06. The number of rotatable bonds is 1. The Kier molecular flexibility index (Phi) is 1.74. The lowest BCUT2D eigenvalue weighted by atomic mass is 9.77. The fourth-order valence-electron chi connectivity index (χ4n) is 5.23. The third-order valence-corrected chi connectivity index (χ3v) is 5.76. The van der Waals surface area contributed by atoms with E-state index in [-0.39, 0.29) is 23.8 Å². The van der Waals surface area contributed by atoms with Crippen molar-refractivity contribution in [2.45, 2.75) is 31.7 Å². The summed E-state index contributed by atoms with van der Waals surface area (Å²) in [6.07, 6.45) is 6.36. The van der Waals surface area contributed by atoms with Crippen LogP contribution >= 0.6 is 0 Å². The van der Waals surface area contributed by atoms with E-state index in [1.807, 2.05) is 0 Å². The summed E-state index contributed by atoms with van der Waals surface area (Å²) in [7, 11) is 0. The van der Waals surface area contributed by atoms with Gasteiger partial charge in [0.1, 0.15) is 0 Å². The predicted molar refractivity (Wildman–Crippen MR) is 61.8 cm³/mol. The third kappa shape index (κ3) is 0.992. The summed E-state index contributed by atoms with van der Waals surface area (Å²) in [4.78, 5) is 25.2. The van der Waals surface area contributed by atoms with E-state index in [2.05, 4.69) is 6.58 Å². The van der Waals surface area contributed by atoms with Crippen molar-refractivity contribution in [1.82, 2.24) is 4.90 Å². The Morgan fingerprint density at radius 2 is 2.06 bits per heavy atom. The lowest BCUT2D eigenvalue weighted by molar-refractivity contribution is -0.164. The molecule has 0 spiro atoms. The van der Waals surface area contributed by atoms with Crippen molar-refractivity contribution >= 4 is 11.8 Å². The molecule has 0 N–H and O–H groups in total. The van der Waals surface area contributed by atoms with E-state index in [9.17, 15) is 9.59 Å². The highest BCUT2D eigenvalue weighted by atomic mass is 16.2. The summed E-state index contributed by atoms with van der Waals surface area (Å²) in [5, 5.41) is 0. The van der Waals surface area contributed by atoms with Crippen molar-refractivity contribution < 1.29 is 9.59 Å². The fraction of sp³-hybridized carbons (Fsp3) is 0.714. The third-order valence-electron chi connectivity index (χ3n) is 5.76. The number of carbonyl (C=O) groups is 2. The minimum Gasteiger partial charge on any atom is -0.275 e. The van der Waals surface area contributed by atoms with Gasteiger partial charge in [0.05, 0.1) is 12.0 Å². The molecule has 1 saturated heterocycles. The Bertz CT molecular complexity index is 430. The molecule has 0 aromatic rings. The summed E-state index contributed by atoms with van der Waals surface area (Å²) in [6, 6.07) is 0.230. The van der Waals surface area contributed by atoms with Gasteiger partial charge < -0.3 is 0 Å². The quantitative estimate of drug-likeness (QED) is 0.507. The zero-order valence-corrected chi connectivity index (χ0v) is 9.84. The van der Waals surface area contributed by atoms with Gasteiger partial charge in [0.2, 0.25) is 5.91 Å². The van der Waals surface area contributed by atoms with E-state index < -0.39 is 0 Å². The van der Waals surface area contributed by atoms with Gasteiger partial charge in [0, 0.05) is 0 Å². The normalized spacial score (nSPS) is 49.9. The fourth-order valence-corrected chi connectivity index (χ4v) is 5.23. The van der Waals surface area contributed by atoms with E-state index in [0.29, 0.717) is 5.92 Å². The molecule has 3 saturated carbocycles. The van der Waals surface area contributed by atoms with E-state index in [1.165, 1.54) is 30.2 Å². The zero-order chi connectivity index (χ0) is 11.7. The van der Waals surface area contributed by atoms with Gasteiger partial charge in [-0.2, -0.15) is 0 Å². The Morgan fingerprint density at radius 3 is 2.82 bits per heavy atom. The van der Waals surface area contributed by atoms with Crippen LogP contribution in [0.2, 0.25) is 0 Å². The van der Waals surface area contributed by atoms with Crippen LogP contribution in [0.1, 0.15) is 25.7 Å². The van der Waals surface area contributed by atoms with Gasteiger partial charge in [-0.3, -0.25) is 14.5 Å². The number of amides is 2. The van der Waals surface area contributed by atoms with Crippen LogP contribution in [0, 0.1) is 29.6 Å². The standard InChI is InChI=1S/C14H17NO2/c1-2-11(16)15-13-10(14(15)17)6-9-7-3-4-8(5-7)12(9)13/h2,7-10,12-13H,1,3-6H2. The second-order valence-electron chi connectivity index (χ2n) is 6.16. The molecule has 1 heterocycles. The maximum absolute atomic E-state index is 12.0. The molecular formula is C14H17NO2. The highest BCUT2D eigenvalue weighted by Crippen LogP contribution is 2.63. The molecule has 1 aliphatic heterocycles. The summed E-state index contributed by atoms with van der Waals surface area (Å²) >= 11 is 0. The summed E-state index contributed by atoms with van der Waals surface area (Å²) in [5.41, 5.74) is 0. The number of hydrogen-bond donors (Lipinski definition) is 0. The number of carbonyl (C=O) groups excluding carboxylic acids is 2. The second-order valence-corrected chi connectivity index (χ2v) is 6.16. The Labute approximate surface area is 101 Å². The van der Waals surface area contributed by atoms with Gasteiger partial charge in [-0.05, 0) is 55.4 Å². The Morgan fingerprint density at radius 1 is 1.29 bits per heavy atom. The van der Waals surface area contributed by atoms with Crippen molar-refractivity contribution in [3.63, 3.8) is 0 Å². The first kappa shape index (κ1) is 9.86. The molecule has 3 heteroatoms. The van der Waals surface area contributed by atoms with Crippen LogP contribution in [0.4, 0.5) is 0 Å². The molecule has 17 heavy (non-hydrogen) atoms. The van der Waals surface area contributed by atoms with Crippen LogP contribution in [0.5, 0.6) is 0 Å². The van der Waals surface area contributed by atoms with Gasteiger partial charge >= 0.3 is 0 Å². The molecule has 0 aromatic heterocycles. The number of imide groups is 1. The molecule has 4 fully saturated rings.